The quantitative estimate of drug-likeness (QED) is 0.385. The lowest BCUT2D eigenvalue weighted by atomic mass is 9.62. The SMILES string of the molecule is Cc1cc2c(cc1C(/C=C/c1ccc(C(=O)O)cc1)=NO)C(C)(C)CCC2(C)C. The molecule has 1 aliphatic carbocycles. The predicted molar refractivity (Wildman–Crippen MR) is 117 cm³/mol. The molecule has 4 heteroatoms. The molecule has 0 saturated heterocycles. The molecule has 2 N–H and O–H groups in total. The van der Waals surface area contributed by atoms with Gasteiger partial charge in [0.15, 0.2) is 0 Å². The van der Waals surface area contributed by atoms with E-state index in [-0.39, 0.29) is 16.4 Å². The first-order valence-electron chi connectivity index (χ1n) is 9.95. The van der Waals surface area contributed by atoms with Crippen molar-refractivity contribution < 1.29 is 15.1 Å². The lowest BCUT2D eigenvalue weighted by Crippen LogP contribution is -2.34. The van der Waals surface area contributed by atoms with Gasteiger partial charge in [-0.2, -0.15) is 0 Å². The number of nitrogens with zero attached hydrogens (tertiary/aromatic N) is 1. The van der Waals surface area contributed by atoms with Crippen LogP contribution in [0.4, 0.5) is 0 Å². The number of allylic oxidation sites excluding steroid dienone is 1. The van der Waals surface area contributed by atoms with Gasteiger partial charge in [0.2, 0.25) is 0 Å². The molecule has 2 aromatic rings. The molecule has 4 nitrogen and oxygen atoms in total. The monoisotopic (exact) mass is 391 g/mol. The van der Waals surface area contributed by atoms with E-state index in [1.165, 1.54) is 11.1 Å². The molecule has 29 heavy (non-hydrogen) atoms. The number of hydrogen-bond donors (Lipinski definition) is 2. The van der Waals surface area contributed by atoms with Crippen molar-refractivity contribution in [1.82, 2.24) is 0 Å². The van der Waals surface area contributed by atoms with Gasteiger partial charge in [0.25, 0.3) is 0 Å². The normalized spacial score (nSPS) is 17.9. The van der Waals surface area contributed by atoms with Crippen molar-refractivity contribution in [2.75, 3.05) is 0 Å². The van der Waals surface area contributed by atoms with Gasteiger partial charge in [-0.05, 0) is 77.1 Å². The maximum Gasteiger partial charge on any atom is 0.335 e. The topological polar surface area (TPSA) is 69.9 Å². The van der Waals surface area contributed by atoms with Crippen molar-refractivity contribution in [2.24, 2.45) is 5.16 Å². The van der Waals surface area contributed by atoms with Gasteiger partial charge in [-0.15, -0.1) is 0 Å². The molecule has 0 bridgehead atoms. The minimum Gasteiger partial charge on any atom is -0.478 e. The fraction of sp³-hybridized carbons (Fsp3) is 0.360. The maximum atomic E-state index is 11.0. The van der Waals surface area contributed by atoms with E-state index < -0.39 is 5.97 Å². The number of aromatic carboxylic acids is 1. The van der Waals surface area contributed by atoms with Gasteiger partial charge in [0.05, 0.1) is 5.56 Å². The summed E-state index contributed by atoms with van der Waals surface area (Å²) in [5.74, 6) is -0.951. The van der Waals surface area contributed by atoms with Crippen molar-refractivity contribution in [3.05, 3.63) is 75.9 Å². The Morgan fingerprint density at radius 2 is 1.55 bits per heavy atom. The van der Waals surface area contributed by atoms with Gasteiger partial charge in [0, 0.05) is 5.56 Å². The second-order valence-electron chi connectivity index (χ2n) is 9.23. The summed E-state index contributed by atoms with van der Waals surface area (Å²) in [6.07, 6.45) is 5.87. The smallest absolute Gasteiger partial charge is 0.335 e. The van der Waals surface area contributed by atoms with Crippen LogP contribution in [-0.4, -0.2) is 22.0 Å². The highest BCUT2D eigenvalue weighted by atomic mass is 16.4. The zero-order valence-electron chi connectivity index (χ0n) is 17.8. The van der Waals surface area contributed by atoms with E-state index in [9.17, 15) is 10.0 Å². The van der Waals surface area contributed by atoms with Crippen molar-refractivity contribution in [1.29, 1.82) is 0 Å². The minimum absolute atomic E-state index is 0.0737. The molecule has 0 unspecified atom stereocenters. The predicted octanol–water partition coefficient (Wildman–Crippen LogP) is 5.93. The van der Waals surface area contributed by atoms with E-state index in [0.717, 1.165) is 29.5 Å². The molecule has 0 aromatic heterocycles. The largest absolute Gasteiger partial charge is 0.478 e. The number of rotatable bonds is 4. The number of benzene rings is 2. The van der Waals surface area contributed by atoms with Crippen LogP contribution in [0.3, 0.4) is 0 Å². The van der Waals surface area contributed by atoms with Crippen LogP contribution in [0.15, 0.2) is 47.6 Å². The average molecular weight is 392 g/mol. The van der Waals surface area contributed by atoms with E-state index >= 15 is 0 Å². The number of carboxylic acid groups (broad SMARTS) is 1. The van der Waals surface area contributed by atoms with Crippen LogP contribution in [-0.2, 0) is 10.8 Å². The molecule has 152 valence electrons. The summed E-state index contributed by atoms with van der Waals surface area (Å²) in [6, 6.07) is 11.0. The second-order valence-corrected chi connectivity index (χ2v) is 9.23. The average Bonchev–Trinajstić information content (AvgIpc) is 2.67. The lowest BCUT2D eigenvalue weighted by Gasteiger charge is -2.42. The van der Waals surface area contributed by atoms with Crippen LogP contribution in [0.25, 0.3) is 6.08 Å². The Hall–Kier alpha value is -2.88. The first-order valence-corrected chi connectivity index (χ1v) is 9.95. The van der Waals surface area contributed by atoms with E-state index in [0.29, 0.717) is 5.71 Å². The molecule has 0 spiro atoms. The minimum atomic E-state index is -0.951. The van der Waals surface area contributed by atoms with Crippen molar-refractivity contribution in [3.63, 3.8) is 0 Å². The summed E-state index contributed by atoms with van der Waals surface area (Å²) < 4.78 is 0. The number of fused-ring (bicyclic) bond motifs is 1. The Morgan fingerprint density at radius 3 is 2.07 bits per heavy atom. The molecule has 0 aliphatic heterocycles. The van der Waals surface area contributed by atoms with Crippen LogP contribution in [0.2, 0.25) is 0 Å². The Bertz CT molecular complexity index is 995. The van der Waals surface area contributed by atoms with E-state index in [2.05, 4.69) is 45.0 Å². The van der Waals surface area contributed by atoms with Crippen LogP contribution in [0.5, 0.6) is 0 Å². The van der Waals surface area contributed by atoms with Crippen molar-refractivity contribution in [3.8, 4) is 0 Å². The highest BCUT2D eigenvalue weighted by molar-refractivity contribution is 6.11. The van der Waals surface area contributed by atoms with Gasteiger partial charge in [-0.1, -0.05) is 57.1 Å². The van der Waals surface area contributed by atoms with Gasteiger partial charge >= 0.3 is 5.97 Å². The first kappa shape index (κ1) is 20.8. The fourth-order valence-electron chi connectivity index (χ4n) is 4.09. The lowest BCUT2D eigenvalue weighted by molar-refractivity contribution is 0.0697. The molecular weight excluding hydrogens is 362 g/mol. The summed E-state index contributed by atoms with van der Waals surface area (Å²) in [7, 11) is 0. The van der Waals surface area contributed by atoms with E-state index in [1.54, 1.807) is 30.3 Å². The molecule has 0 radical (unpaired) electrons. The fourth-order valence-corrected chi connectivity index (χ4v) is 4.09. The highest BCUT2D eigenvalue weighted by Gasteiger charge is 2.37. The van der Waals surface area contributed by atoms with Crippen LogP contribution in [0.1, 0.15) is 78.7 Å². The summed E-state index contributed by atoms with van der Waals surface area (Å²) in [5, 5.41) is 22.3. The third-order valence-corrected chi connectivity index (χ3v) is 6.17. The van der Waals surface area contributed by atoms with Crippen LogP contribution >= 0.6 is 0 Å². The van der Waals surface area contributed by atoms with Gasteiger partial charge < -0.3 is 10.3 Å². The number of carboxylic acids is 1. The van der Waals surface area contributed by atoms with Crippen molar-refractivity contribution >= 4 is 17.8 Å². The number of oxime groups is 1. The molecule has 2 aromatic carbocycles. The molecule has 0 fully saturated rings. The first-order chi connectivity index (χ1) is 13.5. The zero-order valence-corrected chi connectivity index (χ0v) is 17.8. The zero-order chi connectivity index (χ0) is 21.4. The van der Waals surface area contributed by atoms with Gasteiger partial charge in [-0.25, -0.2) is 4.79 Å². The Labute approximate surface area is 172 Å². The molecule has 0 atom stereocenters. The molecular formula is C25H29NO3. The molecule has 3 rings (SSSR count). The summed E-state index contributed by atoms with van der Waals surface area (Å²) in [5.41, 5.74) is 6.46. The standard InChI is InChI=1S/C25H29NO3/c1-16-14-20-21(25(4,5)13-12-24(20,2)3)15-19(16)22(26-29)11-8-17-6-9-18(10-7-17)23(27)28/h6-11,14-15,29H,12-13H2,1-5H3,(H,27,28)/b11-8+,26-22?. The van der Waals surface area contributed by atoms with Gasteiger partial charge in [0.1, 0.15) is 5.71 Å². The van der Waals surface area contributed by atoms with Crippen LogP contribution in [0, 0.1) is 6.92 Å². The number of hydrogen-bond acceptors (Lipinski definition) is 3. The third kappa shape index (κ3) is 4.12. The number of aryl methyl sites for hydroxylation is 1. The molecule has 1 aliphatic rings. The third-order valence-electron chi connectivity index (χ3n) is 6.17. The molecule has 0 amide bonds. The highest BCUT2D eigenvalue weighted by Crippen LogP contribution is 2.46. The van der Waals surface area contributed by atoms with Gasteiger partial charge in [-0.3, -0.25) is 0 Å². The summed E-state index contributed by atoms with van der Waals surface area (Å²) in [4.78, 5) is 11.0. The molecule has 0 saturated carbocycles. The van der Waals surface area contributed by atoms with E-state index in [4.69, 9.17) is 5.11 Å². The Balaban J connectivity index is 1.99. The van der Waals surface area contributed by atoms with E-state index in [1.807, 2.05) is 13.0 Å². The molecule has 0 heterocycles. The number of carbonyl (C=O) groups is 1. The Kier molecular flexibility index (Phi) is 5.40. The Morgan fingerprint density at radius 1 is 1.00 bits per heavy atom. The van der Waals surface area contributed by atoms with Crippen LogP contribution < -0.4 is 0 Å². The van der Waals surface area contributed by atoms with Crippen molar-refractivity contribution in [2.45, 2.75) is 58.3 Å². The summed E-state index contributed by atoms with van der Waals surface area (Å²) in [6.45, 7) is 11.2. The second kappa shape index (κ2) is 7.51. The maximum absolute atomic E-state index is 11.0. The summed E-state index contributed by atoms with van der Waals surface area (Å²) >= 11 is 0.